The largest absolute Gasteiger partial charge is 0.368 e. The molecule has 2 heterocycles. The molecule has 0 aliphatic carbocycles. The van der Waals surface area contributed by atoms with Crippen LogP contribution in [-0.4, -0.2) is 64.8 Å². The fourth-order valence-corrected chi connectivity index (χ4v) is 5.65. The molecule has 186 valence electrons. The number of nitrogens with zero attached hydrogens (tertiary/aromatic N) is 1. The summed E-state index contributed by atoms with van der Waals surface area (Å²) in [5.41, 5.74) is 0.296. The van der Waals surface area contributed by atoms with E-state index in [-0.39, 0.29) is 28.1 Å². The summed E-state index contributed by atoms with van der Waals surface area (Å²) in [6.07, 6.45) is 1.95. The van der Waals surface area contributed by atoms with Gasteiger partial charge in [0.15, 0.2) is 0 Å². The monoisotopic (exact) mass is 520 g/mol. The van der Waals surface area contributed by atoms with Gasteiger partial charge in [-0.25, -0.2) is 22.3 Å². The molecule has 1 unspecified atom stereocenters. The topological polar surface area (TPSA) is 58.6 Å². The molecular formula is C23H25ClF4N2O3S. The average Bonchev–Trinajstić information content (AvgIpc) is 2.90. The van der Waals surface area contributed by atoms with Gasteiger partial charge >= 0.3 is 0 Å². The average molecular weight is 521 g/mol. The zero-order chi connectivity index (χ0) is 24.8. The Morgan fingerprint density at radius 3 is 2.56 bits per heavy atom. The number of carbonyl (C=O) groups excluding carboxylic acids is 1. The van der Waals surface area contributed by atoms with Crippen LogP contribution in [0.3, 0.4) is 0 Å². The van der Waals surface area contributed by atoms with Gasteiger partial charge in [0.1, 0.15) is 23.8 Å². The van der Waals surface area contributed by atoms with Crippen molar-refractivity contribution in [3.63, 3.8) is 0 Å². The van der Waals surface area contributed by atoms with E-state index in [9.17, 15) is 13.4 Å². The van der Waals surface area contributed by atoms with Crippen LogP contribution in [0.25, 0.3) is 11.1 Å². The Balaban J connectivity index is 1.72. The van der Waals surface area contributed by atoms with E-state index in [1.165, 1.54) is 36.8 Å². The predicted octanol–water partition coefficient (Wildman–Crippen LogP) is 3.61. The third kappa shape index (κ3) is 5.15. The molecule has 0 spiro atoms. The molecule has 2 aromatic rings. The molecule has 2 aliphatic rings. The van der Waals surface area contributed by atoms with Gasteiger partial charge in [-0.1, -0.05) is 39.9 Å². The molecule has 3 atom stereocenters. The number of hydrogen-bond acceptors (Lipinski definition) is 3. The van der Waals surface area contributed by atoms with Crippen LogP contribution in [0.15, 0.2) is 36.4 Å². The van der Waals surface area contributed by atoms with Crippen molar-refractivity contribution in [3.05, 3.63) is 58.6 Å². The second kappa shape index (κ2) is 9.22. The molecule has 1 N–H and O–H groups in total. The first-order valence-electron chi connectivity index (χ1n) is 10.7. The maximum Gasteiger partial charge on any atom is 0.283 e. The molecule has 34 heavy (non-hydrogen) atoms. The SMILES string of the molecule is C[SH](C)(=O)N[C@@H]1[C@H](Cc2cccc(-c3cc(F)cc(Cl)c3)c2F)N(C(=O)C2CCO2)CC1(F)F. The summed E-state index contributed by atoms with van der Waals surface area (Å²) in [4.78, 5) is 13.9. The summed E-state index contributed by atoms with van der Waals surface area (Å²) in [5, 5.41) is 0.0819. The number of alkyl halides is 2. The number of rotatable bonds is 6. The lowest BCUT2D eigenvalue weighted by Gasteiger charge is -2.35. The predicted molar refractivity (Wildman–Crippen MR) is 124 cm³/mol. The number of thiol groups is 1. The summed E-state index contributed by atoms with van der Waals surface area (Å²) in [5.74, 6) is -5.38. The number of amides is 1. The number of likely N-dealkylation sites (tertiary alicyclic amines) is 1. The Morgan fingerprint density at radius 2 is 1.97 bits per heavy atom. The lowest BCUT2D eigenvalue weighted by Crippen LogP contribution is -2.55. The van der Waals surface area contributed by atoms with E-state index >= 15 is 13.2 Å². The molecule has 5 nitrogen and oxygen atoms in total. The molecule has 1 amide bonds. The summed E-state index contributed by atoms with van der Waals surface area (Å²) in [6, 6.07) is 5.15. The van der Waals surface area contributed by atoms with Gasteiger partial charge < -0.3 is 9.64 Å². The molecule has 0 bridgehead atoms. The molecule has 0 aromatic heterocycles. The second-order valence-corrected chi connectivity index (χ2v) is 12.4. The van der Waals surface area contributed by atoms with Gasteiger partial charge in [0, 0.05) is 29.5 Å². The number of ether oxygens (including phenoxy) is 1. The highest BCUT2D eigenvalue weighted by Gasteiger charge is 2.57. The lowest BCUT2D eigenvalue weighted by molar-refractivity contribution is -0.158. The van der Waals surface area contributed by atoms with E-state index < -0.39 is 58.3 Å². The molecule has 2 aromatic carbocycles. The summed E-state index contributed by atoms with van der Waals surface area (Å²) < 4.78 is 79.6. The van der Waals surface area contributed by atoms with Gasteiger partial charge in [-0.15, -0.1) is 0 Å². The maximum atomic E-state index is 15.5. The highest BCUT2D eigenvalue weighted by molar-refractivity contribution is 7.99. The molecule has 2 fully saturated rings. The molecule has 0 saturated carbocycles. The van der Waals surface area contributed by atoms with Crippen LogP contribution in [0.4, 0.5) is 17.6 Å². The van der Waals surface area contributed by atoms with Crippen LogP contribution < -0.4 is 4.72 Å². The van der Waals surface area contributed by atoms with Crippen LogP contribution in [0.5, 0.6) is 0 Å². The minimum atomic E-state index is -3.39. The van der Waals surface area contributed by atoms with Gasteiger partial charge in [0.25, 0.3) is 11.8 Å². The molecule has 4 rings (SSSR count). The van der Waals surface area contributed by atoms with Crippen LogP contribution in [0.1, 0.15) is 12.0 Å². The van der Waals surface area contributed by atoms with Crippen molar-refractivity contribution in [1.29, 1.82) is 0 Å². The van der Waals surface area contributed by atoms with Crippen LogP contribution in [0.2, 0.25) is 5.02 Å². The zero-order valence-corrected chi connectivity index (χ0v) is 20.2. The Labute approximate surface area is 201 Å². The van der Waals surface area contributed by atoms with E-state index in [1.807, 2.05) is 0 Å². The van der Waals surface area contributed by atoms with Crippen molar-refractivity contribution >= 4 is 27.6 Å². The van der Waals surface area contributed by atoms with E-state index in [4.69, 9.17) is 16.3 Å². The van der Waals surface area contributed by atoms with E-state index in [2.05, 4.69) is 4.72 Å². The fraction of sp³-hybridized carbons (Fsp3) is 0.435. The summed E-state index contributed by atoms with van der Waals surface area (Å²) in [7, 11) is -3.14. The lowest BCUT2D eigenvalue weighted by atomic mass is 9.95. The number of carbonyl (C=O) groups is 1. The van der Waals surface area contributed by atoms with E-state index in [0.717, 1.165) is 17.0 Å². The second-order valence-electron chi connectivity index (χ2n) is 9.04. The highest BCUT2D eigenvalue weighted by Crippen LogP contribution is 2.37. The van der Waals surface area contributed by atoms with Crippen molar-refractivity contribution in [2.75, 3.05) is 25.7 Å². The van der Waals surface area contributed by atoms with Gasteiger partial charge in [-0.05, 0) is 35.7 Å². The first-order valence-corrected chi connectivity index (χ1v) is 13.7. The van der Waals surface area contributed by atoms with Gasteiger partial charge in [-0.2, -0.15) is 0 Å². The standard InChI is InChI=1S/C23H25ClF4N2O3S/c1-34(2,32)29-21-18(30(12-23(21,27)28)22(31)19-6-7-33-19)10-13-4-3-5-17(20(13)26)14-8-15(24)11-16(25)9-14/h3-5,8-9,11,18-19,21,34H,6-7,10,12H2,1-2H3,(H,29,32)/t18-,19?,21+/m0/s1. The van der Waals surface area contributed by atoms with Crippen molar-refractivity contribution in [1.82, 2.24) is 9.62 Å². The summed E-state index contributed by atoms with van der Waals surface area (Å²) in [6.45, 7) is -0.534. The Bertz CT molecular complexity index is 1130. The Morgan fingerprint density at radius 1 is 1.26 bits per heavy atom. The van der Waals surface area contributed by atoms with Gasteiger partial charge in [0.2, 0.25) is 0 Å². The molecular weight excluding hydrogens is 496 g/mol. The molecule has 0 radical (unpaired) electrons. The normalized spacial score (nSPS) is 24.7. The molecule has 2 saturated heterocycles. The first kappa shape index (κ1) is 25.1. The smallest absolute Gasteiger partial charge is 0.283 e. The van der Waals surface area contributed by atoms with Crippen molar-refractivity contribution in [2.45, 2.75) is 37.0 Å². The zero-order valence-electron chi connectivity index (χ0n) is 18.5. The van der Waals surface area contributed by atoms with Crippen molar-refractivity contribution in [2.24, 2.45) is 0 Å². The third-order valence-electron chi connectivity index (χ3n) is 6.01. The first-order chi connectivity index (χ1) is 15.9. The number of halogens is 5. The van der Waals surface area contributed by atoms with E-state index in [1.54, 1.807) is 0 Å². The van der Waals surface area contributed by atoms with Crippen molar-refractivity contribution in [3.8, 4) is 11.1 Å². The summed E-state index contributed by atoms with van der Waals surface area (Å²) >= 11 is 5.91. The van der Waals surface area contributed by atoms with Crippen LogP contribution in [-0.2, 0) is 26.1 Å². The third-order valence-corrected chi connectivity index (χ3v) is 7.13. The minimum Gasteiger partial charge on any atom is -0.368 e. The van der Waals surface area contributed by atoms with Crippen LogP contribution in [0, 0.1) is 11.6 Å². The quantitative estimate of drug-likeness (QED) is 0.452. The van der Waals surface area contributed by atoms with E-state index in [0.29, 0.717) is 13.0 Å². The number of benzene rings is 2. The molecule has 2 aliphatic heterocycles. The van der Waals surface area contributed by atoms with Crippen LogP contribution >= 0.6 is 11.6 Å². The Hall–Kier alpha value is -2.01. The molecule has 11 heteroatoms. The van der Waals surface area contributed by atoms with Crippen molar-refractivity contribution < 1.29 is 31.3 Å². The van der Waals surface area contributed by atoms with Gasteiger partial charge in [-0.3, -0.25) is 9.00 Å². The Kier molecular flexibility index (Phi) is 6.80. The highest BCUT2D eigenvalue weighted by atomic mass is 35.5. The maximum absolute atomic E-state index is 15.5. The number of hydrogen-bond donors (Lipinski definition) is 2. The fourth-order valence-electron chi connectivity index (χ4n) is 4.40. The van der Waals surface area contributed by atoms with Gasteiger partial charge in [0.05, 0.1) is 19.2 Å². The minimum absolute atomic E-state index is 0.0463. The number of nitrogens with one attached hydrogen (secondary N) is 1.